The third-order valence-electron chi connectivity index (χ3n) is 3.16. The van der Waals surface area contributed by atoms with Gasteiger partial charge in [-0.15, -0.1) is 0 Å². The Morgan fingerprint density at radius 2 is 2.00 bits per heavy atom. The Labute approximate surface area is 123 Å². The van der Waals surface area contributed by atoms with Crippen molar-refractivity contribution in [2.24, 2.45) is 5.73 Å². The first-order valence-corrected chi connectivity index (χ1v) is 6.99. The first-order valence-electron chi connectivity index (χ1n) is 6.24. The molecule has 1 atom stereocenters. The summed E-state index contributed by atoms with van der Waals surface area (Å²) >= 11 is 11.9. The summed E-state index contributed by atoms with van der Waals surface area (Å²) in [7, 11) is 0. The van der Waals surface area contributed by atoms with Gasteiger partial charge in [0, 0.05) is 18.4 Å². The van der Waals surface area contributed by atoms with Crippen LogP contribution in [0.25, 0.3) is 0 Å². The zero-order valence-electron chi connectivity index (χ0n) is 10.7. The summed E-state index contributed by atoms with van der Waals surface area (Å²) in [6.45, 7) is 2.10. The van der Waals surface area contributed by atoms with Crippen molar-refractivity contribution in [3.63, 3.8) is 0 Å². The Morgan fingerprint density at radius 1 is 1.21 bits per heavy atom. The van der Waals surface area contributed by atoms with Gasteiger partial charge in [0.2, 0.25) is 0 Å². The zero-order valence-corrected chi connectivity index (χ0v) is 12.2. The van der Waals surface area contributed by atoms with E-state index in [-0.39, 0.29) is 6.04 Å². The maximum Gasteiger partial charge on any atom is 0.0595 e. The minimum absolute atomic E-state index is 0.0600. The molecule has 0 radical (unpaired) electrons. The summed E-state index contributed by atoms with van der Waals surface area (Å²) in [4.78, 5) is 4.14. The number of hydrogen-bond donors (Lipinski definition) is 1. The number of hydrogen-bond acceptors (Lipinski definition) is 2. The molecule has 2 N–H and O–H groups in total. The second-order valence-electron chi connectivity index (χ2n) is 4.49. The van der Waals surface area contributed by atoms with Crippen molar-refractivity contribution in [1.29, 1.82) is 0 Å². The molecule has 1 heterocycles. The Balaban J connectivity index is 2.20. The van der Waals surface area contributed by atoms with Crippen molar-refractivity contribution in [1.82, 2.24) is 4.98 Å². The van der Waals surface area contributed by atoms with Gasteiger partial charge in [0.05, 0.1) is 10.0 Å². The smallest absolute Gasteiger partial charge is 0.0595 e. The monoisotopic (exact) mass is 294 g/mol. The maximum absolute atomic E-state index is 6.29. The normalized spacial score (nSPS) is 12.4. The van der Waals surface area contributed by atoms with Gasteiger partial charge in [-0.05, 0) is 47.7 Å². The molecule has 2 rings (SSSR count). The van der Waals surface area contributed by atoms with Crippen LogP contribution < -0.4 is 5.73 Å². The van der Waals surface area contributed by atoms with E-state index in [4.69, 9.17) is 28.9 Å². The molecule has 0 saturated heterocycles. The highest BCUT2D eigenvalue weighted by atomic mass is 35.5. The molecule has 2 aromatic rings. The third-order valence-corrected chi connectivity index (χ3v) is 3.90. The summed E-state index contributed by atoms with van der Waals surface area (Å²) in [5, 5.41) is 1.13. The summed E-state index contributed by atoms with van der Waals surface area (Å²) in [5.74, 6) is 0. The molecule has 1 aromatic carbocycles. The van der Waals surface area contributed by atoms with Gasteiger partial charge in [0.25, 0.3) is 0 Å². The Morgan fingerprint density at radius 3 is 2.68 bits per heavy atom. The first-order chi connectivity index (χ1) is 9.11. The van der Waals surface area contributed by atoms with E-state index in [1.807, 2.05) is 24.4 Å². The van der Waals surface area contributed by atoms with Gasteiger partial charge in [0.15, 0.2) is 0 Å². The van der Waals surface area contributed by atoms with Gasteiger partial charge in [-0.2, -0.15) is 0 Å². The fraction of sp³-hybridized carbons (Fsp3) is 0.267. The van der Waals surface area contributed by atoms with E-state index in [1.54, 1.807) is 12.3 Å². The number of benzene rings is 1. The minimum Gasteiger partial charge on any atom is -0.324 e. The van der Waals surface area contributed by atoms with Crippen molar-refractivity contribution >= 4 is 23.2 Å². The second kappa shape index (κ2) is 6.38. The van der Waals surface area contributed by atoms with Crippen molar-refractivity contribution in [3.05, 3.63) is 63.4 Å². The standard InChI is InChI=1S/C15H16Cl2N2/c1-2-11-9-19-6-5-12(11)15(18)8-10-3-4-13(16)14(17)7-10/h3-7,9,15H,2,8,18H2,1H3. The molecule has 0 aliphatic heterocycles. The highest BCUT2D eigenvalue weighted by Crippen LogP contribution is 2.25. The fourth-order valence-electron chi connectivity index (χ4n) is 2.13. The molecule has 0 spiro atoms. The van der Waals surface area contributed by atoms with Crippen LogP contribution in [0.5, 0.6) is 0 Å². The van der Waals surface area contributed by atoms with E-state index in [9.17, 15) is 0 Å². The minimum atomic E-state index is -0.0600. The number of rotatable bonds is 4. The van der Waals surface area contributed by atoms with Crippen molar-refractivity contribution in [3.8, 4) is 0 Å². The lowest BCUT2D eigenvalue weighted by Gasteiger charge is -2.15. The Hall–Kier alpha value is -1.09. The van der Waals surface area contributed by atoms with Crippen LogP contribution in [0.1, 0.15) is 29.7 Å². The van der Waals surface area contributed by atoms with Crippen molar-refractivity contribution < 1.29 is 0 Å². The number of aromatic nitrogens is 1. The van der Waals surface area contributed by atoms with Crippen LogP contribution in [0.15, 0.2) is 36.7 Å². The van der Waals surface area contributed by atoms with E-state index < -0.39 is 0 Å². The lowest BCUT2D eigenvalue weighted by molar-refractivity contribution is 0.710. The molecule has 0 aliphatic rings. The molecule has 0 bridgehead atoms. The average Bonchev–Trinajstić information content (AvgIpc) is 2.43. The fourth-order valence-corrected chi connectivity index (χ4v) is 2.45. The largest absolute Gasteiger partial charge is 0.324 e. The van der Waals surface area contributed by atoms with Gasteiger partial charge in [-0.3, -0.25) is 4.98 Å². The number of aryl methyl sites for hydroxylation is 1. The Kier molecular flexibility index (Phi) is 4.81. The van der Waals surface area contributed by atoms with Crippen LogP contribution >= 0.6 is 23.2 Å². The lowest BCUT2D eigenvalue weighted by atomic mass is 9.96. The topological polar surface area (TPSA) is 38.9 Å². The van der Waals surface area contributed by atoms with E-state index in [1.165, 1.54) is 5.56 Å². The van der Waals surface area contributed by atoms with Crippen LogP contribution in [0.3, 0.4) is 0 Å². The SMILES string of the molecule is CCc1cnccc1C(N)Cc1ccc(Cl)c(Cl)c1. The molecular weight excluding hydrogens is 279 g/mol. The second-order valence-corrected chi connectivity index (χ2v) is 5.30. The molecule has 1 unspecified atom stereocenters. The summed E-state index contributed by atoms with van der Waals surface area (Å²) < 4.78 is 0. The van der Waals surface area contributed by atoms with E-state index >= 15 is 0 Å². The van der Waals surface area contributed by atoms with Crippen LogP contribution in [0, 0.1) is 0 Å². The number of nitrogens with zero attached hydrogens (tertiary/aromatic N) is 1. The van der Waals surface area contributed by atoms with Crippen molar-refractivity contribution in [2.45, 2.75) is 25.8 Å². The van der Waals surface area contributed by atoms with Gasteiger partial charge < -0.3 is 5.73 Å². The molecular formula is C15H16Cl2N2. The molecule has 0 amide bonds. The molecule has 0 saturated carbocycles. The molecule has 19 heavy (non-hydrogen) atoms. The quantitative estimate of drug-likeness (QED) is 0.918. The highest BCUT2D eigenvalue weighted by molar-refractivity contribution is 6.42. The predicted molar refractivity (Wildman–Crippen MR) is 80.7 cm³/mol. The molecule has 0 fully saturated rings. The number of halogens is 2. The summed E-state index contributed by atoms with van der Waals surface area (Å²) in [5.41, 5.74) is 9.70. The maximum atomic E-state index is 6.29. The first kappa shape index (κ1) is 14.3. The van der Waals surface area contributed by atoms with Gasteiger partial charge in [0.1, 0.15) is 0 Å². The van der Waals surface area contributed by atoms with Gasteiger partial charge in [-0.1, -0.05) is 36.2 Å². The molecule has 2 nitrogen and oxygen atoms in total. The predicted octanol–water partition coefficient (Wildman–Crippen LogP) is 4.19. The molecule has 100 valence electrons. The van der Waals surface area contributed by atoms with Crippen LogP contribution in [0.4, 0.5) is 0 Å². The van der Waals surface area contributed by atoms with Crippen LogP contribution in [-0.2, 0) is 12.8 Å². The van der Waals surface area contributed by atoms with Gasteiger partial charge >= 0.3 is 0 Å². The lowest BCUT2D eigenvalue weighted by Crippen LogP contribution is -2.15. The molecule has 0 aliphatic carbocycles. The number of nitrogens with two attached hydrogens (primary N) is 1. The van der Waals surface area contributed by atoms with Gasteiger partial charge in [-0.25, -0.2) is 0 Å². The average molecular weight is 295 g/mol. The Bertz CT molecular complexity index is 570. The molecule has 4 heteroatoms. The summed E-state index contributed by atoms with van der Waals surface area (Å²) in [6.07, 6.45) is 5.32. The van der Waals surface area contributed by atoms with Crippen LogP contribution in [-0.4, -0.2) is 4.98 Å². The number of pyridine rings is 1. The summed E-state index contributed by atoms with van der Waals surface area (Å²) in [6, 6.07) is 7.56. The van der Waals surface area contributed by atoms with Crippen molar-refractivity contribution in [2.75, 3.05) is 0 Å². The van der Waals surface area contributed by atoms with Crippen LogP contribution in [0.2, 0.25) is 10.0 Å². The zero-order chi connectivity index (χ0) is 13.8. The van der Waals surface area contributed by atoms with E-state index in [0.717, 1.165) is 24.0 Å². The van der Waals surface area contributed by atoms with E-state index in [2.05, 4.69) is 11.9 Å². The van der Waals surface area contributed by atoms with E-state index in [0.29, 0.717) is 10.0 Å². The third kappa shape index (κ3) is 3.47. The molecule has 1 aromatic heterocycles. The highest BCUT2D eigenvalue weighted by Gasteiger charge is 2.11.